The fourth-order valence-electron chi connectivity index (χ4n) is 1.56. The van der Waals surface area contributed by atoms with Crippen molar-refractivity contribution >= 4 is 11.3 Å². The lowest BCUT2D eigenvalue weighted by atomic mass is 9.93. The van der Waals surface area contributed by atoms with Gasteiger partial charge < -0.3 is 5.11 Å². The lowest BCUT2D eigenvalue weighted by Gasteiger charge is -2.18. The molecule has 0 atom stereocenters. The van der Waals surface area contributed by atoms with Crippen molar-refractivity contribution in [2.45, 2.75) is 46.1 Å². The van der Waals surface area contributed by atoms with Gasteiger partial charge in [0, 0.05) is 23.9 Å². The van der Waals surface area contributed by atoms with Gasteiger partial charge in [-0.15, -0.1) is 11.3 Å². The molecule has 0 bridgehead atoms. The summed E-state index contributed by atoms with van der Waals surface area (Å²) in [6.45, 7) is 11.8. The predicted molar refractivity (Wildman–Crippen MR) is 73.5 cm³/mol. The van der Waals surface area contributed by atoms with Crippen LogP contribution in [0, 0.1) is 0 Å². The number of thiazole rings is 1. The van der Waals surface area contributed by atoms with Crippen LogP contribution >= 0.6 is 11.3 Å². The van der Waals surface area contributed by atoms with Crippen molar-refractivity contribution in [1.82, 2.24) is 9.88 Å². The molecule has 1 aromatic rings. The van der Waals surface area contributed by atoms with Gasteiger partial charge in [0.05, 0.1) is 12.2 Å². The molecule has 0 fully saturated rings. The predicted octanol–water partition coefficient (Wildman–Crippen LogP) is 2.64. The van der Waals surface area contributed by atoms with E-state index in [4.69, 9.17) is 10.1 Å². The summed E-state index contributed by atoms with van der Waals surface area (Å²) < 4.78 is 0. The Balaban J connectivity index is 2.58. The Labute approximate surface area is 108 Å². The number of aromatic nitrogens is 1. The normalized spacial score (nSPS) is 12.4. The lowest BCUT2D eigenvalue weighted by molar-refractivity contribution is 0.225. The standard InChI is InChI=1S/C13H24N2OS/c1-5-15(7-6-8-16)9-12-14-11(10-17-12)13(2,3)4/h10,16H,5-9H2,1-4H3. The van der Waals surface area contributed by atoms with Crippen LogP contribution in [-0.4, -0.2) is 34.7 Å². The smallest absolute Gasteiger partial charge is 0.107 e. The van der Waals surface area contributed by atoms with E-state index in [0.29, 0.717) is 0 Å². The fourth-order valence-corrected chi connectivity index (χ4v) is 2.62. The Bertz CT molecular complexity index is 330. The Kier molecular flexibility index (Phi) is 5.56. The van der Waals surface area contributed by atoms with Crippen molar-refractivity contribution in [3.05, 3.63) is 16.1 Å². The van der Waals surface area contributed by atoms with Crippen molar-refractivity contribution < 1.29 is 5.11 Å². The van der Waals surface area contributed by atoms with E-state index >= 15 is 0 Å². The molecule has 0 saturated heterocycles. The van der Waals surface area contributed by atoms with Gasteiger partial charge in [0.25, 0.3) is 0 Å². The van der Waals surface area contributed by atoms with Crippen LogP contribution < -0.4 is 0 Å². The molecule has 1 rings (SSSR count). The first-order valence-corrected chi connectivity index (χ1v) is 7.13. The number of aliphatic hydroxyl groups excluding tert-OH is 1. The summed E-state index contributed by atoms with van der Waals surface area (Å²) in [5.74, 6) is 0. The summed E-state index contributed by atoms with van der Waals surface area (Å²) in [4.78, 5) is 7.01. The molecule has 3 nitrogen and oxygen atoms in total. The summed E-state index contributed by atoms with van der Waals surface area (Å²) >= 11 is 1.74. The third kappa shape index (κ3) is 4.74. The summed E-state index contributed by atoms with van der Waals surface area (Å²) in [5, 5.41) is 12.2. The maximum absolute atomic E-state index is 8.85. The number of aliphatic hydroxyl groups is 1. The summed E-state index contributed by atoms with van der Waals surface area (Å²) in [6.07, 6.45) is 0.839. The van der Waals surface area contributed by atoms with Crippen LogP contribution in [0.5, 0.6) is 0 Å². The van der Waals surface area contributed by atoms with Crippen molar-refractivity contribution in [2.75, 3.05) is 19.7 Å². The van der Waals surface area contributed by atoms with Gasteiger partial charge >= 0.3 is 0 Å². The van der Waals surface area contributed by atoms with E-state index < -0.39 is 0 Å². The van der Waals surface area contributed by atoms with Crippen LogP contribution in [0.25, 0.3) is 0 Å². The molecule has 0 aromatic carbocycles. The zero-order valence-corrected chi connectivity index (χ0v) is 12.2. The molecular weight excluding hydrogens is 232 g/mol. The molecule has 0 unspecified atom stereocenters. The van der Waals surface area contributed by atoms with E-state index in [2.05, 4.69) is 38.0 Å². The Morgan fingerprint density at radius 3 is 2.59 bits per heavy atom. The first-order chi connectivity index (χ1) is 7.97. The highest BCUT2D eigenvalue weighted by Gasteiger charge is 2.17. The molecule has 0 amide bonds. The fraction of sp³-hybridized carbons (Fsp3) is 0.769. The number of nitrogens with zero attached hydrogens (tertiary/aromatic N) is 2. The average Bonchev–Trinajstić information content (AvgIpc) is 2.72. The minimum Gasteiger partial charge on any atom is -0.396 e. The van der Waals surface area contributed by atoms with Crippen LogP contribution in [0.4, 0.5) is 0 Å². The Morgan fingerprint density at radius 2 is 2.12 bits per heavy atom. The number of hydrogen-bond acceptors (Lipinski definition) is 4. The summed E-state index contributed by atoms with van der Waals surface area (Å²) in [6, 6.07) is 0. The molecule has 0 aliphatic carbocycles. The van der Waals surface area contributed by atoms with E-state index in [-0.39, 0.29) is 12.0 Å². The van der Waals surface area contributed by atoms with E-state index in [1.165, 1.54) is 10.7 Å². The minimum absolute atomic E-state index is 0.136. The van der Waals surface area contributed by atoms with Gasteiger partial charge in [-0.2, -0.15) is 0 Å². The van der Waals surface area contributed by atoms with E-state index in [0.717, 1.165) is 26.1 Å². The third-order valence-electron chi connectivity index (χ3n) is 2.76. The van der Waals surface area contributed by atoms with Crippen LogP contribution in [0.2, 0.25) is 0 Å². The van der Waals surface area contributed by atoms with Crippen molar-refractivity contribution in [3.8, 4) is 0 Å². The molecule has 0 aliphatic heterocycles. The van der Waals surface area contributed by atoms with Gasteiger partial charge in [-0.3, -0.25) is 4.90 Å². The molecule has 0 spiro atoms. The van der Waals surface area contributed by atoms with Gasteiger partial charge in [-0.25, -0.2) is 4.98 Å². The van der Waals surface area contributed by atoms with Gasteiger partial charge in [-0.05, 0) is 13.0 Å². The Morgan fingerprint density at radius 1 is 1.41 bits per heavy atom. The van der Waals surface area contributed by atoms with Crippen molar-refractivity contribution in [2.24, 2.45) is 0 Å². The monoisotopic (exact) mass is 256 g/mol. The maximum atomic E-state index is 8.85. The van der Waals surface area contributed by atoms with Crippen LogP contribution in [0.15, 0.2) is 5.38 Å². The average molecular weight is 256 g/mol. The molecule has 1 N–H and O–H groups in total. The highest BCUT2D eigenvalue weighted by Crippen LogP contribution is 2.24. The lowest BCUT2D eigenvalue weighted by Crippen LogP contribution is -2.24. The van der Waals surface area contributed by atoms with E-state index in [1.807, 2.05) is 0 Å². The zero-order chi connectivity index (χ0) is 12.9. The Hall–Kier alpha value is -0.450. The molecule has 98 valence electrons. The first-order valence-electron chi connectivity index (χ1n) is 6.25. The first kappa shape index (κ1) is 14.6. The molecule has 0 radical (unpaired) electrons. The third-order valence-corrected chi connectivity index (χ3v) is 3.59. The zero-order valence-electron chi connectivity index (χ0n) is 11.4. The molecule has 0 aliphatic rings. The molecule has 1 heterocycles. The van der Waals surface area contributed by atoms with Gasteiger partial charge in [0.1, 0.15) is 5.01 Å². The van der Waals surface area contributed by atoms with E-state index in [1.54, 1.807) is 11.3 Å². The largest absolute Gasteiger partial charge is 0.396 e. The minimum atomic E-state index is 0.136. The SMILES string of the molecule is CCN(CCCO)Cc1nc(C(C)(C)C)cs1. The highest BCUT2D eigenvalue weighted by atomic mass is 32.1. The number of hydrogen-bond donors (Lipinski definition) is 1. The van der Waals surface area contributed by atoms with Crippen molar-refractivity contribution in [1.29, 1.82) is 0 Å². The second kappa shape index (κ2) is 6.47. The quantitative estimate of drug-likeness (QED) is 0.850. The van der Waals surface area contributed by atoms with Gasteiger partial charge in [-0.1, -0.05) is 27.7 Å². The topological polar surface area (TPSA) is 36.4 Å². The second-order valence-corrected chi connectivity index (χ2v) is 6.27. The van der Waals surface area contributed by atoms with E-state index in [9.17, 15) is 0 Å². The number of rotatable bonds is 6. The highest BCUT2D eigenvalue weighted by molar-refractivity contribution is 7.09. The van der Waals surface area contributed by atoms with Gasteiger partial charge in [0.2, 0.25) is 0 Å². The molecular formula is C13H24N2OS. The van der Waals surface area contributed by atoms with Crippen molar-refractivity contribution in [3.63, 3.8) is 0 Å². The molecule has 17 heavy (non-hydrogen) atoms. The maximum Gasteiger partial charge on any atom is 0.107 e. The molecule has 0 saturated carbocycles. The van der Waals surface area contributed by atoms with Gasteiger partial charge in [0.15, 0.2) is 0 Å². The summed E-state index contributed by atoms with van der Waals surface area (Å²) in [5.41, 5.74) is 1.31. The van der Waals surface area contributed by atoms with Crippen LogP contribution in [0.1, 0.15) is 44.8 Å². The molecule has 4 heteroatoms. The summed E-state index contributed by atoms with van der Waals surface area (Å²) in [7, 11) is 0. The van der Waals surface area contributed by atoms with Crippen LogP contribution in [0.3, 0.4) is 0 Å². The van der Waals surface area contributed by atoms with Crippen LogP contribution in [-0.2, 0) is 12.0 Å². The molecule has 1 aromatic heterocycles. The second-order valence-electron chi connectivity index (χ2n) is 5.32.